The molecule has 11 atom stereocenters. The third-order valence-electron chi connectivity index (χ3n) is 9.92. The number of hydrogen-bond acceptors (Lipinski definition) is 9. The molecule has 6 unspecified atom stereocenters. The molecule has 1 saturated carbocycles. The lowest BCUT2D eigenvalue weighted by atomic mass is 9.51. The van der Waals surface area contributed by atoms with E-state index in [1.165, 1.54) is 12.2 Å². The smallest absolute Gasteiger partial charge is 0.331 e. The maximum Gasteiger partial charge on any atom is 0.331 e. The molecule has 0 radical (unpaired) electrons. The van der Waals surface area contributed by atoms with E-state index in [9.17, 15) is 9.59 Å². The van der Waals surface area contributed by atoms with Crippen LogP contribution in [0.5, 0.6) is 0 Å². The monoisotopic (exact) mass is 526 g/mol. The quantitative estimate of drug-likeness (QED) is 0.268. The minimum absolute atomic E-state index is 0.0573. The molecule has 0 aromatic rings. The van der Waals surface area contributed by atoms with Crippen molar-refractivity contribution in [3.63, 3.8) is 0 Å². The van der Waals surface area contributed by atoms with E-state index in [0.29, 0.717) is 19.4 Å². The Morgan fingerprint density at radius 1 is 0.974 bits per heavy atom. The molecular formula is C29H34O9. The van der Waals surface area contributed by atoms with Crippen LogP contribution in [0.1, 0.15) is 40.5 Å². The first-order chi connectivity index (χ1) is 18.2. The zero-order chi connectivity index (χ0) is 26.4. The fourth-order valence-corrected chi connectivity index (χ4v) is 7.73. The van der Waals surface area contributed by atoms with Crippen LogP contribution in [0.25, 0.3) is 0 Å². The van der Waals surface area contributed by atoms with E-state index < -0.39 is 40.8 Å². The summed E-state index contributed by atoms with van der Waals surface area (Å²) < 4.78 is 43.1. The normalized spacial score (nSPS) is 54.2. The van der Waals surface area contributed by atoms with Gasteiger partial charge in [-0.3, -0.25) is 0 Å². The van der Waals surface area contributed by atoms with E-state index in [-0.39, 0.29) is 43.2 Å². The van der Waals surface area contributed by atoms with E-state index in [0.717, 1.165) is 11.1 Å². The lowest BCUT2D eigenvalue weighted by Crippen LogP contribution is -2.69. The van der Waals surface area contributed by atoms with E-state index in [4.69, 9.17) is 33.2 Å². The van der Waals surface area contributed by atoms with Gasteiger partial charge in [0.1, 0.15) is 36.6 Å². The summed E-state index contributed by atoms with van der Waals surface area (Å²) in [5.74, 6) is -0.897. The van der Waals surface area contributed by atoms with Crippen LogP contribution >= 0.6 is 0 Å². The van der Waals surface area contributed by atoms with Gasteiger partial charge in [0.05, 0.1) is 35.7 Å². The van der Waals surface area contributed by atoms with Crippen molar-refractivity contribution in [1.29, 1.82) is 0 Å². The van der Waals surface area contributed by atoms with Gasteiger partial charge in [0, 0.05) is 25.0 Å². The topological polar surface area (TPSA) is 105 Å². The number of epoxide rings is 2. The Kier molecular flexibility index (Phi) is 5.43. The SMILES string of the molecule is CC1=C[C@H]2OC3C[C@H]4OC(=O)/C=C\C=C/C5OC(C/C(C)=C\C(=O)OC[C@@]2([C@@H]2OC12)C4(C)[C@]31CO1)OC5C. The molecule has 4 bridgehead atoms. The second kappa shape index (κ2) is 8.35. The van der Waals surface area contributed by atoms with Crippen molar-refractivity contribution in [1.82, 2.24) is 0 Å². The highest BCUT2D eigenvalue weighted by molar-refractivity contribution is 5.83. The Morgan fingerprint density at radius 3 is 2.58 bits per heavy atom. The summed E-state index contributed by atoms with van der Waals surface area (Å²) in [5.41, 5.74) is -0.179. The molecule has 0 N–H and O–H groups in total. The number of ether oxygens (including phenoxy) is 7. The van der Waals surface area contributed by atoms with Crippen molar-refractivity contribution in [3.8, 4) is 0 Å². The minimum atomic E-state index is -0.779. The van der Waals surface area contributed by atoms with Gasteiger partial charge in [-0.25, -0.2) is 9.59 Å². The second-order valence-corrected chi connectivity index (χ2v) is 11.9. The van der Waals surface area contributed by atoms with Gasteiger partial charge in [-0.15, -0.1) is 0 Å². The molecule has 5 fully saturated rings. The Labute approximate surface area is 221 Å². The summed E-state index contributed by atoms with van der Waals surface area (Å²) >= 11 is 0. The zero-order valence-corrected chi connectivity index (χ0v) is 22.1. The Morgan fingerprint density at radius 2 is 1.79 bits per heavy atom. The summed E-state index contributed by atoms with van der Waals surface area (Å²) in [4.78, 5) is 26.1. The fraction of sp³-hybridized carbons (Fsp3) is 0.655. The molecule has 204 valence electrons. The fourth-order valence-electron chi connectivity index (χ4n) is 7.73. The number of allylic oxidation sites excluding steroid dienone is 2. The summed E-state index contributed by atoms with van der Waals surface area (Å²) in [5, 5.41) is 0. The molecule has 4 saturated heterocycles. The average molecular weight is 527 g/mol. The molecule has 0 aromatic heterocycles. The number of cyclic esters (lactones) is 1. The number of esters is 2. The predicted molar refractivity (Wildman–Crippen MR) is 132 cm³/mol. The van der Waals surface area contributed by atoms with Crippen LogP contribution in [0.15, 0.2) is 47.6 Å². The summed E-state index contributed by atoms with van der Waals surface area (Å²) in [7, 11) is 0. The van der Waals surface area contributed by atoms with Crippen molar-refractivity contribution < 1.29 is 42.7 Å². The third kappa shape index (κ3) is 3.35. The van der Waals surface area contributed by atoms with Gasteiger partial charge in [-0.05, 0) is 26.3 Å². The van der Waals surface area contributed by atoms with Crippen LogP contribution < -0.4 is 0 Å². The number of carbonyl (C=O) groups is 2. The highest BCUT2D eigenvalue weighted by Gasteiger charge is 2.87. The third-order valence-corrected chi connectivity index (χ3v) is 9.92. The lowest BCUT2D eigenvalue weighted by molar-refractivity contribution is -0.235. The molecule has 2 spiro atoms. The summed E-state index contributed by atoms with van der Waals surface area (Å²) in [6.45, 7) is 8.50. The van der Waals surface area contributed by atoms with Gasteiger partial charge < -0.3 is 33.2 Å². The second-order valence-electron chi connectivity index (χ2n) is 11.9. The molecule has 7 rings (SSSR count). The summed E-state index contributed by atoms with van der Waals surface area (Å²) in [6, 6.07) is 0. The number of rotatable bonds is 0. The molecule has 9 heteroatoms. The minimum Gasteiger partial charge on any atom is -0.462 e. The number of fused-ring (bicyclic) bond motifs is 3. The van der Waals surface area contributed by atoms with Crippen LogP contribution in [-0.4, -0.2) is 79.8 Å². The standard InChI is InChI=1S/C29H34O9/c1-15-9-23(31)32-13-28-20(11-16(2)25-26(28)38-25)36-21-12-19(27(28,4)29(21)14-33-29)37-22(30)8-6-5-7-18-17(3)34-24(10-15)35-18/h5-9,11,17-21,24-26H,10,12-14H2,1-4H3/b7-5-,8-6-,15-9-/t17?,18?,19-,20-,21?,24?,25?,26-,27?,28-,29+/m1/s1. The Hall–Kier alpha value is -2.30. The zero-order valence-electron chi connectivity index (χ0n) is 22.1. The van der Waals surface area contributed by atoms with Crippen molar-refractivity contribution in [2.75, 3.05) is 13.2 Å². The van der Waals surface area contributed by atoms with Gasteiger partial charge in [0.15, 0.2) is 6.29 Å². The number of hydrogen-bond donors (Lipinski definition) is 0. The predicted octanol–water partition coefficient (Wildman–Crippen LogP) is 2.69. The van der Waals surface area contributed by atoms with Crippen LogP contribution in [0.4, 0.5) is 0 Å². The molecular weight excluding hydrogens is 492 g/mol. The number of carbonyl (C=O) groups excluding carboxylic acids is 2. The van der Waals surface area contributed by atoms with E-state index in [1.807, 2.05) is 26.8 Å². The molecule has 9 nitrogen and oxygen atoms in total. The molecule has 38 heavy (non-hydrogen) atoms. The van der Waals surface area contributed by atoms with E-state index in [2.05, 4.69) is 13.0 Å². The van der Waals surface area contributed by atoms with Gasteiger partial charge in [-0.1, -0.05) is 36.8 Å². The van der Waals surface area contributed by atoms with Crippen LogP contribution in [0, 0.1) is 10.8 Å². The molecule has 5 aliphatic heterocycles. The first kappa shape index (κ1) is 24.7. The van der Waals surface area contributed by atoms with Crippen molar-refractivity contribution in [3.05, 3.63) is 47.6 Å². The highest BCUT2D eigenvalue weighted by atomic mass is 16.7. The van der Waals surface area contributed by atoms with Crippen molar-refractivity contribution in [2.45, 2.75) is 95.2 Å². The Bertz CT molecular complexity index is 1180. The molecule has 0 aromatic carbocycles. The largest absolute Gasteiger partial charge is 0.462 e. The van der Waals surface area contributed by atoms with Crippen LogP contribution in [-0.2, 0) is 42.7 Å². The van der Waals surface area contributed by atoms with Crippen LogP contribution in [0.2, 0.25) is 0 Å². The van der Waals surface area contributed by atoms with Gasteiger partial charge in [0.2, 0.25) is 0 Å². The maximum absolute atomic E-state index is 13.1. The first-order valence-electron chi connectivity index (χ1n) is 13.5. The van der Waals surface area contributed by atoms with Crippen LogP contribution in [0.3, 0.4) is 0 Å². The van der Waals surface area contributed by atoms with Gasteiger partial charge >= 0.3 is 11.9 Å². The lowest BCUT2D eigenvalue weighted by Gasteiger charge is -2.57. The van der Waals surface area contributed by atoms with Crippen molar-refractivity contribution in [2.24, 2.45) is 10.8 Å². The first-order valence-corrected chi connectivity index (χ1v) is 13.5. The average Bonchev–Trinajstić information content (AvgIpc) is 3.76. The summed E-state index contributed by atoms with van der Waals surface area (Å²) in [6.07, 6.45) is 8.96. The molecule has 5 heterocycles. The molecule has 2 aliphatic carbocycles. The van der Waals surface area contributed by atoms with Gasteiger partial charge in [0.25, 0.3) is 0 Å². The Balaban J connectivity index is 1.28. The highest BCUT2D eigenvalue weighted by Crippen LogP contribution is 2.74. The van der Waals surface area contributed by atoms with Crippen molar-refractivity contribution >= 4 is 11.9 Å². The molecule has 0 amide bonds. The van der Waals surface area contributed by atoms with E-state index >= 15 is 0 Å². The van der Waals surface area contributed by atoms with Gasteiger partial charge in [-0.2, -0.15) is 0 Å². The van der Waals surface area contributed by atoms with E-state index in [1.54, 1.807) is 12.2 Å². The molecule has 7 aliphatic rings. The maximum atomic E-state index is 13.1.